The molecule has 1 aliphatic carbocycles. The van der Waals surface area contributed by atoms with Gasteiger partial charge in [0.2, 0.25) is 0 Å². The lowest BCUT2D eigenvalue weighted by Crippen LogP contribution is -2.08. The molecule has 1 saturated heterocycles. The third-order valence-corrected chi connectivity index (χ3v) is 3.35. The zero-order valence-corrected chi connectivity index (χ0v) is 8.64. The van der Waals surface area contributed by atoms with Crippen molar-refractivity contribution in [1.29, 1.82) is 0 Å². The number of hydrogen-bond donors (Lipinski definition) is 2. The highest BCUT2D eigenvalue weighted by Gasteiger charge is 2.29. The van der Waals surface area contributed by atoms with Crippen LogP contribution in [0.3, 0.4) is 0 Å². The van der Waals surface area contributed by atoms with E-state index in [4.69, 9.17) is 4.98 Å². The van der Waals surface area contributed by atoms with Gasteiger partial charge < -0.3 is 10.3 Å². The molecule has 14 heavy (non-hydrogen) atoms. The van der Waals surface area contributed by atoms with Gasteiger partial charge in [-0.05, 0) is 32.7 Å². The standard InChI is InChI=1S/C11H17N3/c1-7-10(9-4-5-12-6-9)14-11(13-7)8-2-3-8/h8-9,12H,2-6H2,1H3,(H,13,14). The zero-order valence-electron chi connectivity index (χ0n) is 8.64. The van der Waals surface area contributed by atoms with Gasteiger partial charge >= 0.3 is 0 Å². The largest absolute Gasteiger partial charge is 0.346 e. The number of nitrogens with zero attached hydrogens (tertiary/aromatic N) is 1. The van der Waals surface area contributed by atoms with Crippen molar-refractivity contribution >= 4 is 0 Å². The highest BCUT2D eigenvalue weighted by Crippen LogP contribution is 2.39. The molecule has 76 valence electrons. The number of rotatable bonds is 2. The molecule has 1 aliphatic heterocycles. The minimum Gasteiger partial charge on any atom is -0.346 e. The maximum Gasteiger partial charge on any atom is 0.109 e. The second kappa shape index (κ2) is 3.09. The van der Waals surface area contributed by atoms with E-state index in [0.717, 1.165) is 19.0 Å². The number of aromatic nitrogens is 2. The van der Waals surface area contributed by atoms with Gasteiger partial charge in [0.05, 0.1) is 5.69 Å². The van der Waals surface area contributed by atoms with Gasteiger partial charge in [0.25, 0.3) is 0 Å². The molecule has 1 saturated carbocycles. The van der Waals surface area contributed by atoms with Crippen molar-refractivity contribution < 1.29 is 0 Å². The third kappa shape index (κ3) is 1.36. The minimum atomic E-state index is 0.652. The predicted molar refractivity (Wildman–Crippen MR) is 55.5 cm³/mol. The van der Waals surface area contributed by atoms with E-state index in [9.17, 15) is 0 Å². The molecule has 0 aromatic carbocycles. The fourth-order valence-corrected chi connectivity index (χ4v) is 2.33. The van der Waals surface area contributed by atoms with Gasteiger partial charge in [-0.1, -0.05) is 0 Å². The van der Waals surface area contributed by atoms with Crippen LogP contribution >= 0.6 is 0 Å². The van der Waals surface area contributed by atoms with E-state index in [2.05, 4.69) is 17.2 Å². The van der Waals surface area contributed by atoms with Crippen LogP contribution in [0.15, 0.2) is 0 Å². The maximum atomic E-state index is 4.76. The Morgan fingerprint density at radius 2 is 2.07 bits per heavy atom. The van der Waals surface area contributed by atoms with Gasteiger partial charge in [-0.3, -0.25) is 0 Å². The van der Waals surface area contributed by atoms with E-state index in [1.807, 2.05) is 0 Å². The first-order valence-electron chi connectivity index (χ1n) is 5.61. The smallest absolute Gasteiger partial charge is 0.109 e. The highest BCUT2D eigenvalue weighted by molar-refractivity contribution is 5.22. The van der Waals surface area contributed by atoms with Crippen molar-refractivity contribution in [2.24, 2.45) is 0 Å². The molecule has 3 rings (SSSR count). The van der Waals surface area contributed by atoms with Gasteiger partial charge in [0.15, 0.2) is 0 Å². The van der Waals surface area contributed by atoms with Crippen molar-refractivity contribution in [2.75, 3.05) is 13.1 Å². The molecular formula is C11H17N3. The Hall–Kier alpha value is -0.830. The van der Waals surface area contributed by atoms with E-state index < -0.39 is 0 Å². The Kier molecular flexibility index (Phi) is 1.87. The Labute approximate surface area is 84.3 Å². The molecule has 0 bridgehead atoms. The van der Waals surface area contributed by atoms with E-state index in [0.29, 0.717) is 5.92 Å². The van der Waals surface area contributed by atoms with Crippen LogP contribution in [0.5, 0.6) is 0 Å². The number of H-pyrrole nitrogens is 1. The topological polar surface area (TPSA) is 40.7 Å². The average molecular weight is 191 g/mol. The van der Waals surface area contributed by atoms with Crippen LogP contribution in [0.1, 0.15) is 48.3 Å². The Bertz CT molecular complexity index is 332. The van der Waals surface area contributed by atoms with Gasteiger partial charge in [0, 0.05) is 24.1 Å². The summed E-state index contributed by atoms with van der Waals surface area (Å²) in [5.74, 6) is 2.64. The monoisotopic (exact) mass is 191 g/mol. The average Bonchev–Trinajstić information content (AvgIpc) is 2.75. The molecule has 1 atom stereocenters. The molecule has 0 amide bonds. The van der Waals surface area contributed by atoms with Crippen molar-refractivity contribution in [2.45, 2.75) is 38.0 Å². The number of imidazole rings is 1. The van der Waals surface area contributed by atoms with Crippen molar-refractivity contribution in [3.8, 4) is 0 Å². The predicted octanol–water partition coefficient (Wildman–Crippen LogP) is 1.67. The van der Waals surface area contributed by atoms with Crippen LogP contribution in [0, 0.1) is 6.92 Å². The van der Waals surface area contributed by atoms with Gasteiger partial charge in [-0.25, -0.2) is 4.98 Å². The second-order valence-corrected chi connectivity index (χ2v) is 4.60. The summed E-state index contributed by atoms with van der Waals surface area (Å²) in [5, 5.41) is 3.40. The number of hydrogen-bond acceptors (Lipinski definition) is 2. The second-order valence-electron chi connectivity index (χ2n) is 4.60. The summed E-state index contributed by atoms with van der Waals surface area (Å²) < 4.78 is 0. The van der Waals surface area contributed by atoms with E-state index in [-0.39, 0.29) is 0 Å². The molecule has 2 fully saturated rings. The molecule has 2 aliphatic rings. The Morgan fingerprint density at radius 3 is 2.71 bits per heavy atom. The molecule has 2 N–H and O–H groups in total. The van der Waals surface area contributed by atoms with Crippen LogP contribution in [0.4, 0.5) is 0 Å². The normalized spacial score (nSPS) is 27.1. The Balaban J connectivity index is 1.88. The molecule has 3 nitrogen and oxygen atoms in total. The summed E-state index contributed by atoms with van der Waals surface area (Å²) in [6.07, 6.45) is 3.90. The van der Waals surface area contributed by atoms with Gasteiger partial charge in [0.1, 0.15) is 5.82 Å². The highest BCUT2D eigenvalue weighted by atomic mass is 15.0. The Morgan fingerprint density at radius 1 is 1.21 bits per heavy atom. The molecule has 0 spiro atoms. The lowest BCUT2D eigenvalue weighted by molar-refractivity contribution is 0.731. The quantitative estimate of drug-likeness (QED) is 0.746. The first-order chi connectivity index (χ1) is 6.84. The lowest BCUT2D eigenvalue weighted by atomic mass is 10.0. The van der Waals surface area contributed by atoms with E-state index >= 15 is 0 Å². The molecule has 3 heteroatoms. The minimum absolute atomic E-state index is 0.652. The first-order valence-corrected chi connectivity index (χ1v) is 5.61. The van der Waals surface area contributed by atoms with Crippen LogP contribution in [0.25, 0.3) is 0 Å². The fraction of sp³-hybridized carbons (Fsp3) is 0.727. The lowest BCUT2D eigenvalue weighted by Gasteiger charge is -2.04. The third-order valence-electron chi connectivity index (χ3n) is 3.35. The molecule has 2 heterocycles. The number of aryl methyl sites for hydroxylation is 1. The summed E-state index contributed by atoms with van der Waals surface area (Å²) in [6.45, 7) is 4.41. The van der Waals surface area contributed by atoms with Gasteiger partial charge in [-0.15, -0.1) is 0 Å². The summed E-state index contributed by atoms with van der Waals surface area (Å²) in [4.78, 5) is 8.20. The number of nitrogens with one attached hydrogen (secondary N) is 2. The van der Waals surface area contributed by atoms with Gasteiger partial charge in [-0.2, -0.15) is 0 Å². The molecule has 1 aromatic heterocycles. The van der Waals surface area contributed by atoms with E-state index in [1.165, 1.54) is 36.5 Å². The van der Waals surface area contributed by atoms with Crippen LogP contribution in [0.2, 0.25) is 0 Å². The summed E-state index contributed by atoms with van der Waals surface area (Å²) in [5.41, 5.74) is 2.61. The van der Waals surface area contributed by atoms with Crippen molar-refractivity contribution in [3.05, 3.63) is 17.2 Å². The van der Waals surface area contributed by atoms with Crippen molar-refractivity contribution in [1.82, 2.24) is 15.3 Å². The summed E-state index contributed by atoms with van der Waals surface area (Å²) >= 11 is 0. The summed E-state index contributed by atoms with van der Waals surface area (Å²) in [7, 11) is 0. The number of aromatic amines is 1. The van der Waals surface area contributed by atoms with Crippen LogP contribution in [-0.4, -0.2) is 23.1 Å². The van der Waals surface area contributed by atoms with Crippen molar-refractivity contribution in [3.63, 3.8) is 0 Å². The molecule has 1 aromatic rings. The summed E-state index contributed by atoms with van der Waals surface area (Å²) in [6, 6.07) is 0. The van der Waals surface area contributed by atoms with Crippen LogP contribution in [-0.2, 0) is 0 Å². The molecule has 0 radical (unpaired) electrons. The first kappa shape index (κ1) is 8.48. The molecular weight excluding hydrogens is 174 g/mol. The fourth-order valence-electron chi connectivity index (χ4n) is 2.33. The van der Waals surface area contributed by atoms with Crippen LogP contribution < -0.4 is 5.32 Å². The maximum absolute atomic E-state index is 4.76. The van der Waals surface area contributed by atoms with E-state index in [1.54, 1.807) is 0 Å². The SMILES string of the molecule is Cc1[nH]c(C2CC2)nc1C1CCNC1. The zero-order chi connectivity index (χ0) is 9.54. The molecule has 1 unspecified atom stereocenters.